The summed E-state index contributed by atoms with van der Waals surface area (Å²) >= 11 is 0. The van der Waals surface area contributed by atoms with Crippen LogP contribution in [0, 0.1) is 5.82 Å². The van der Waals surface area contributed by atoms with Gasteiger partial charge in [0.1, 0.15) is 11.9 Å². The van der Waals surface area contributed by atoms with Gasteiger partial charge in [0.25, 0.3) is 0 Å². The first-order chi connectivity index (χ1) is 19.4. The number of nitrogens with one attached hydrogen (secondary N) is 1. The van der Waals surface area contributed by atoms with Crippen molar-refractivity contribution < 1.29 is 23.5 Å². The predicted molar refractivity (Wildman–Crippen MR) is 152 cm³/mol. The molecule has 0 bridgehead atoms. The van der Waals surface area contributed by atoms with Crippen LogP contribution in [0.5, 0.6) is 0 Å². The molecule has 3 amide bonds. The Morgan fingerprint density at radius 3 is 2.35 bits per heavy atom. The van der Waals surface area contributed by atoms with Gasteiger partial charge in [0.05, 0.1) is 24.5 Å². The van der Waals surface area contributed by atoms with E-state index in [-0.39, 0.29) is 24.9 Å². The zero-order valence-electron chi connectivity index (χ0n) is 22.3. The normalized spacial score (nSPS) is 17.3. The lowest BCUT2D eigenvalue weighted by atomic mass is 10.0. The number of hydrogen-bond donors (Lipinski definition) is 1. The minimum atomic E-state index is -0.574. The van der Waals surface area contributed by atoms with Crippen LogP contribution in [0.1, 0.15) is 12.5 Å². The average molecular weight is 543 g/mol. The van der Waals surface area contributed by atoms with Gasteiger partial charge in [-0.05, 0) is 41.0 Å². The van der Waals surface area contributed by atoms with Gasteiger partial charge >= 0.3 is 6.09 Å². The average Bonchev–Trinajstić information content (AvgIpc) is 3.36. The van der Waals surface area contributed by atoms with E-state index in [4.69, 9.17) is 4.74 Å². The third kappa shape index (κ3) is 6.31. The Hall–Kier alpha value is -4.66. The zero-order valence-corrected chi connectivity index (χ0v) is 22.3. The van der Waals surface area contributed by atoms with Crippen molar-refractivity contribution in [2.45, 2.75) is 13.0 Å². The molecule has 2 saturated heterocycles. The summed E-state index contributed by atoms with van der Waals surface area (Å²) in [6, 6.07) is 22.8. The van der Waals surface area contributed by atoms with Crippen molar-refractivity contribution in [3.8, 4) is 11.1 Å². The number of ether oxygens (including phenoxy) is 1. The molecule has 2 fully saturated rings. The molecule has 2 aliphatic heterocycles. The van der Waals surface area contributed by atoms with Gasteiger partial charge in [0, 0.05) is 39.2 Å². The molecule has 3 aromatic rings. The van der Waals surface area contributed by atoms with Crippen LogP contribution in [0.3, 0.4) is 0 Å². The van der Waals surface area contributed by atoms with E-state index < -0.39 is 18.0 Å². The summed E-state index contributed by atoms with van der Waals surface area (Å²) in [4.78, 5) is 41.2. The fourth-order valence-corrected chi connectivity index (χ4v) is 4.87. The van der Waals surface area contributed by atoms with E-state index in [0.717, 1.165) is 16.7 Å². The second-order valence-electron chi connectivity index (χ2n) is 9.82. The van der Waals surface area contributed by atoms with Gasteiger partial charge in [-0.1, -0.05) is 54.6 Å². The van der Waals surface area contributed by atoms with E-state index in [1.165, 1.54) is 17.9 Å². The van der Waals surface area contributed by atoms with Gasteiger partial charge in [-0.2, -0.15) is 0 Å². The fourth-order valence-electron chi connectivity index (χ4n) is 4.87. The Morgan fingerprint density at radius 2 is 1.68 bits per heavy atom. The van der Waals surface area contributed by atoms with Crippen molar-refractivity contribution in [3.63, 3.8) is 0 Å². The van der Waals surface area contributed by atoms with E-state index in [1.807, 2.05) is 53.4 Å². The summed E-state index contributed by atoms with van der Waals surface area (Å²) in [7, 11) is 0. The van der Waals surface area contributed by atoms with Gasteiger partial charge in [-0.3, -0.25) is 14.5 Å². The van der Waals surface area contributed by atoms with Gasteiger partial charge in [0.15, 0.2) is 0 Å². The minimum absolute atomic E-state index is 0.0797. The molecule has 0 saturated carbocycles. The number of halogens is 1. The number of cyclic esters (lactones) is 1. The van der Waals surface area contributed by atoms with Gasteiger partial charge in [0.2, 0.25) is 11.8 Å². The van der Waals surface area contributed by atoms with E-state index in [9.17, 15) is 14.4 Å². The number of hydrogen-bond acceptors (Lipinski definition) is 5. The van der Waals surface area contributed by atoms with Crippen LogP contribution >= 0.6 is 0 Å². The van der Waals surface area contributed by atoms with Crippen LogP contribution in [0.25, 0.3) is 17.2 Å². The molecule has 0 unspecified atom stereocenters. The summed E-state index contributed by atoms with van der Waals surface area (Å²) in [6.45, 7) is 3.75. The molecule has 0 aromatic heterocycles. The largest absolute Gasteiger partial charge is 0.442 e. The van der Waals surface area contributed by atoms with Gasteiger partial charge in [-0.15, -0.1) is 0 Å². The molecule has 0 aliphatic carbocycles. The highest BCUT2D eigenvalue weighted by atomic mass is 19.1. The summed E-state index contributed by atoms with van der Waals surface area (Å²) in [5, 5.41) is 2.62. The second kappa shape index (κ2) is 12.0. The summed E-state index contributed by atoms with van der Waals surface area (Å²) in [6.07, 6.45) is 2.32. The Bertz CT molecular complexity index is 1400. The monoisotopic (exact) mass is 542 g/mol. The lowest BCUT2D eigenvalue weighted by molar-refractivity contribution is -0.126. The number of piperazine rings is 1. The van der Waals surface area contributed by atoms with Crippen LogP contribution < -0.4 is 15.1 Å². The molecule has 1 N–H and O–H groups in total. The fraction of sp³-hybridized carbons (Fsp3) is 0.258. The van der Waals surface area contributed by atoms with E-state index in [1.54, 1.807) is 23.1 Å². The predicted octanol–water partition coefficient (Wildman–Crippen LogP) is 4.32. The topological polar surface area (TPSA) is 82.2 Å². The van der Waals surface area contributed by atoms with Crippen LogP contribution in [0.15, 0.2) is 78.9 Å². The molecule has 2 aliphatic rings. The number of benzene rings is 3. The maximum atomic E-state index is 15.1. The van der Waals surface area contributed by atoms with Crippen LogP contribution in [0.4, 0.5) is 20.6 Å². The number of rotatable bonds is 7. The van der Waals surface area contributed by atoms with Crippen molar-refractivity contribution in [1.82, 2.24) is 10.2 Å². The Labute approximate surface area is 232 Å². The van der Waals surface area contributed by atoms with Gasteiger partial charge in [-0.25, -0.2) is 9.18 Å². The number of anilines is 2. The smallest absolute Gasteiger partial charge is 0.414 e. The Morgan fingerprint density at radius 1 is 0.975 bits per heavy atom. The molecule has 206 valence electrons. The molecule has 8 nitrogen and oxygen atoms in total. The SMILES string of the molecule is CC(=O)NC[C@H]1CN(c2ccc(N3CCN(C(=O)/C=C/c4ccc(-c5ccccc5)cc4)CC3)c(F)c2)C(=O)O1. The Balaban J connectivity index is 1.14. The Kier molecular flexibility index (Phi) is 8.10. The summed E-state index contributed by atoms with van der Waals surface area (Å²) < 4.78 is 20.4. The molecule has 0 spiro atoms. The van der Waals surface area contributed by atoms with Crippen molar-refractivity contribution in [3.05, 3.63) is 90.3 Å². The molecule has 1 atom stereocenters. The molecule has 5 rings (SSSR count). The lowest BCUT2D eigenvalue weighted by Gasteiger charge is -2.36. The quantitative estimate of drug-likeness (QED) is 0.450. The maximum absolute atomic E-state index is 15.1. The molecule has 2 heterocycles. The summed E-state index contributed by atoms with van der Waals surface area (Å²) in [5.74, 6) is -0.741. The second-order valence-corrected chi connectivity index (χ2v) is 9.82. The highest BCUT2D eigenvalue weighted by Crippen LogP contribution is 2.28. The zero-order chi connectivity index (χ0) is 28.1. The van der Waals surface area contributed by atoms with E-state index in [2.05, 4.69) is 17.4 Å². The molecule has 3 aromatic carbocycles. The lowest BCUT2D eigenvalue weighted by Crippen LogP contribution is -2.48. The van der Waals surface area contributed by atoms with Crippen LogP contribution in [-0.2, 0) is 14.3 Å². The first-order valence-corrected chi connectivity index (χ1v) is 13.3. The number of carbonyl (C=O) groups excluding carboxylic acids is 3. The van der Waals surface area contributed by atoms with Crippen molar-refractivity contribution in [2.75, 3.05) is 49.1 Å². The van der Waals surface area contributed by atoms with Crippen molar-refractivity contribution >= 4 is 35.4 Å². The van der Waals surface area contributed by atoms with E-state index >= 15 is 4.39 Å². The standard InChI is InChI=1S/C31H31FN4O4/c1-22(37)33-20-27-21-36(31(39)40-27)26-12-13-29(28(32)19-26)34-15-17-35(18-16-34)30(38)14-9-23-7-10-25(11-8-23)24-5-3-2-4-6-24/h2-14,19,27H,15-18,20-21H2,1H3,(H,33,37)/b14-9+/t27-/m0/s1. The van der Waals surface area contributed by atoms with Crippen molar-refractivity contribution in [1.29, 1.82) is 0 Å². The van der Waals surface area contributed by atoms with E-state index in [0.29, 0.717) is 37.6 Å². The molecular weight excluding hydrogens is 511 g/mol. The van der Waals surface area contributed by atoms with Gasteiger partial charge < -0.3 is 19.9 Å². The first-order valence-electron chi connectivity index (χ1n) is 13.3. The number of amides is 3. The van der Waals surface area contributed by atoms with Crippen LogP contribution in [0.2, 0.25) is 0 Å². The molecule has 0 radical (unpaired) electrons. The number of carbonyl (C=O) groups is 3. The summed E-state index contributed by atoms with van der Waals surface area (Å²) in [5.41, 5.74) is 4.02. The highest BCUT2D eigenvalue weighted by Gasteiger charge is 2.33. The van der Waals surface area contributed by atoms with Crippen molar-refractivity contribution in [2.24, 2.45) is 0 Å². The molecule has 9 heteroatoms. The minimum Gasteiger partial charge on any atom is -0.442 e. The third-order valence-electron chi connectivity index (χ3n) is 7.06. The van der Waals surface area contributed by atoms with Crippen LogP contribution in [-0.4, -0.2) is 68.2 Å². The highest BCUT2D eigenvalue weighted by molar-refractivity contribution is 5.92. The number of nitrogens with zero attached hydrogens (tertiary/aromatic N) is 3. The maximum Gasteiger partial charge on any atom is 0.414 e. The molecule has 40 heavy (non-hydrogen) atoms. The first kappa shape index (κ1) is 26.9. The molecular formula is C31H31FN4O4. The third-order valence-corrected chi connectivity index (χ3v) is 7.06.